The van der Waals surface area contributed by atoms with Crippen LogP contribution in [0.4, 0.5) is 21.3 Å². The van der Waals surface area contributed by atoms with Crippen molar-refractivity contribution in [2.45, 2.75) is 20.8 Å². The minimum atomic E-state index is -0.445. The van der Waals surface area contributed by atoms with E-state index in [1.807, 2.05) is 19.1 Å². The number of rotatable bonds is 6. The van der Waals surface area contributed by atoms with Gasteiger partial charge >= 0.3 is 12.0 Å². The number of amides is 3. The fraction of sp³-hybridized carbons (Fsp3) is 0.182. The lowest BCUT2D eigenvalue weighted by atomic mass is 10.2. The van der Waals surface area contributed by atoms with Gasteiger partial charge in [0.1, 0.15) is 4.88 Å². The number of nitrogens with zero attached hydrogens (tertiary/aromatic N) is 1. The second-order valence-corrected chi connectivity index (χ2v) is 7.63. The third kappa shape index (κ3) is 5.89. The number of hydrogen-bond acceptors (Lipinski definition) is 6. The second-order valence-electron chi connectivity index (χ2n) is 6.63. The van der Waals surface area contributed by atoms with Gasteiger partial charge in [-0.2, -0.15) is 0 Å². The Morgan fingerprint density at radius 1 is 0.903 bits per heavy atom. The molecule has 8 nitrogen and oxygen atoms in total. The molecule has 0 unspecified atom stereocenters. The van der Waals surface area contributed by atoms with Crippen molar-refractivity contribution < 1.29 is 19.1 Å². The molecule has 0 radical (unpaired) electrons. The van der Waals surface area contributed by atoms with Crippen molar-refractivity contribution in [3.05, 3.63) is 70.2 Å². The van der Waals surface area contributed by atoms with Crippen molar-refractivity contribution in [3.8, 4) is 0 Å². The number of esters is 1. The van der Waals surface area contributed by atoms with E-state index in [-0.39, 0.29) is 5.91 Å². The Kier molecular flexibility index (Phi) is 6.99. The summed E-state index contributed by atoms with van der Waals surface area (Å²) in [5.74, 6) is -0.774. The molecule has 3 rings (SSSR count). The molecule has 0 aliphatic heterocycles. The van der Waals surface area contributed by atoms with E-state index in [0.717, 1.165) is 16.9 Å². The molecule has 160 valence electrons. The predicted molar refractivity (Wildman–Crippen MR) is 121 cm³/mol. The Labute approximate surface area is 183 Å². The molecule has 0 spiro atoms. The highest BCUT2D eigenvalue weighted by atomic mass is 32.1. The highest BCUT2D eigenvalue weighted by Gasteiger charge is 2.17. The van der Waals surface area contributed by atoms with Gasteiger partial charge in [0.25, 0.3) is 5.91 Å². The van der Waals surface area contributed by atoms with Crippen LogP contribution in [-0.4, -0.2) is 29.5 Å². The molecule has 3 aromatic rings. The topological polar surface area (TPSA) is 109 Å². The first-order chi connectivity index (χ1) is 14.9. The summed E-state index contributed by atoms with van der Waals surface area (Å²) < 4.78 is 4.94. The van der Waals surface area contributed by atoms with Crippen LogP contribution in [0.2, 0.25) is 0 Å². The molecular formula is C22H22N4O4S. The van der Waals surface area contributed by atoms with Crippen LogP contribution in [0.5, 0.6) is 0 Å². The number of urea groups is 1. The van der Waals surface area contributed by atoms with Crippen LogP contribution in [0.3, 0.4) is 0 Å². The summed E-state index contributed by atoms with van der Waals surface area (Å²) in [6.45, 7) is 5.68. The molecular weight excluding hydrogens is 416 g/mol. The highest BCUT2D eigenvalue weighted by molar-refractivity contribution is 7.17. The summed E-state index contributed by atoms with van der Waals surface area (Å²) in [7, 11) is 0. The zero-order chi connectivity index (χ0) is 22.4. The molecule has 0 aliphatic carbocycles. The zero-order valence-electron chi connectivity index (χ0n) is 17.3. The van der Waals surface area contributed by atoms with Crippen molar-refractivity contribution in [2.75, 3.05) is 22.6 Å². The quantitative estimate of drug-likeness (QED) is 0.478. The monoisotopic (exact) mass is 438 g/mol. The van der Waals surface area contributed by atoms with Gasteiger partial charge < -0.3 is 15.4 Å². The maximum atomic E-state index is 12.6. The second kappa shape index (κ2) is 9.86. The molecule has 9 heteroatoms. The van der Waals surface area contributed by atoms with E-state index in [0.29, 0.717) is 39.2 Å². The van der Waals surface area contributed by atoms with E-state index < -0.39 is 12.0 Å². The van der Waals surface area contributed by atoms with E-state index in [2.05, 4.69) is 20.9 Å². The van der Waals surface area contributed by atoms with Crippen LogP contribution in [0.25, 0.3) is 0 Å². The van der Waals surface area contributed by atoms with Crippen molar-refractivity contribution >= 4 is 45.8 Å². The van der Waals surface area contributed by atoms with E-state index in [1.54, 1.807) is 50.2 Å². The van der Waals surface area contributed by atoms with Crippen LogP contribution in [0.1, 0.15) is 38.2 Å². The molecule has 0 bridgehead atoms. The number of hydrogen-bond donors (Lipinski definition) is 3. The van der Waals surface area contributed by atoms with Crippen LogP contribution in [0.15, 0.2) is 48.5 Å². The number of anilines is 3. The first kappa shape index (κ1) is 22.0. The number of carbonyl (C=O) groups excluding carboxylic acids is 3. The highest BCUT2D eigenvalue weighted by Crippen LogP contribution is 2.24. The minimum absolute atomic E-state index is 0.293. The Balaban J connectivity index is 1.61. The molecule has 0 saturated heterocycles. The molecule has 2 aromatic carbocycles. The van der Waals surface area contributed by atoms with E-state index >= 15 is 0 Å². The van der Waals surface area contributed by atoms with Gasteiger partial charge in [-0.05, 0) is 57.2 Å². The summed E-state index contributed by atoms with van der Waals surface area (Å²) in [6.07, 6.45) is 0. The van der Waals surface area contributed by atoms with Gasteiger partial charge in [-0.3, -0.25) is 10.1 Å². The van der Waals surface area contributed by atoms with Gasteiger partial charge in [0.2, 0.25) is 0 Å². The van der Waals surface area contributed by atoms with E-state index in [9.17, 15) is 14.4 Å². The maximum absolute atomic E-state index is 12.6. The van der Waals surface area contributed by atoms with Gasteiger partial charge in [-0.25, -0.2) is 14.6 Å². The summed E-state index contributed by atoms with van der Waals surface area (Å²) >= 11 is 1.07. The molecule has 0 fully saturated rings. The molecule has 3 amide bonds. The molecule has 0 aliphatic rings. The normalized spacial score (nSPS) is 10.3. The number of ether oxygens (including phenoxy) is 1. The van der Waals surface area contributed by atoms with E-state index in [4.69, 9.17) is 4.74 Å². The van der Waals surface area contributed by atoms with Crippen LogP contribution in [-0.2, 0) is 4.74 Å². The Bertz CT molecular complexity index is 1090. The lowest BCUT2D eigenvalue weighted by Gasteiger charge is -2.06. The number of nitrogens with one attached hydrogen (secondary N) is 3. The standard InChI is InChI=1S/C22H22N4O4S/c1-4-30-20(28)15-7-11-16(12-8-15)24-19(27)18-14(3)23-22(31-18)26-21(29)25-17-9-5-13(2)6-10-17/h5-12H,4H2,1-3H3,(H,24,27)(H2,23,25,26,29). The lowest BCUT2D eigenvalue weighted by Crippen LogP contribution is -2.19. The molecule has 31 heavy (non-hydrogen) atoms. The van der Waals surface area contributed by atoms with Crippen LogP contribution in [0, 0.1) is 13.8 Å². The van der Waals surface area contributed by atoms with Crippen molar-refractivity contribution in [2.24, 2.45) is 0 Å². The first-order valence-corrected chi connectivity index (χ1v) is 10.4. The third-order valence-corrected chi connectivity index (χ3v) is 5.26. The predicted octanol–water partition coefficient (Wildman–Crippen LogP) is 4.83. The Morgan fingerprint density at radius 3 is 2.16 bits per heavy atom. The summed E-state index contributed by atoms with van der Waals surface area (Å²) in [4.78, 5) is 41.1. The van der Waals surface area contributed by atoms with Crippen LogP contribution < -0.4 is 16.0 Å². The van der Waals surface area contributed by atoms with Gasteiger partial charge in [-0.15, -0.1) is 0 Å². The maximum Gasteiger partial charge on any atom is 0.338 e. The average Bonchev–Trinajstić information content (AvgIpc) is 3.10. The number of aryl methyl sites for hydroxylation is 2. The zero-order valence-corrected chi connectivity index (χ0v) is 18.1. The number of thiazole rings is 1. The largest absolute Gasteiger partial charge is 0.462 e. The summed E-state index contributed by atoms with van der Waals surface area (Å²) in [6, 6.07) is 13.3. The smallest absolute Gasteiger partial charge is 0.338 e. The van der Waals surface area contributed by atoms with Crippen molar-refractivity contribution in [3.63, 3.8) is 0 Å². The molecule has 0 saturated carbocycles. The molecule has 0 atom stereocenters. The number of aromatic nitrogens is 1. The Hall–Kier alpha value is -3.72. The number of benzene rings is 2. The molecule has 1 aromatic heterocycles. The fourth-order valence-electron chi connectivity index (χ4n) is 2.65. The Morgan fingerprint density at radius 2 is 1.52 bits per heavy atom. The van der Waals surface area contributed by atoms with Crippen molar-refractivity contribution in [1.29, 1.82) is 0 Å². The third-order valence-electron chi connectivity index (χ3n) is 4.19. The van der Waals surface area contributed by atoms with E-state index in [1.165, 1.54) is 0 Å². The SMILES string of the molecule is CCOC(=O)c1ccc(NC(=O)c2sc(NC(=O)Nc3ccc(C)cc3)nc2C)cc1. The summed E-state index contributed by atoms with van der Waals surface area (Å²) in [5, 5.41) is 8.43. The van der Waals surface area contributed by atoms with Gasteiger partial charge in [-0.1, -0.05) is 29.0 Å². The minimum Gasteiger partial charge on any atom is -0.462 e. The van der Waals surface area contributed by atoms with Crippen molar-refractivity contribution in [1.82, 2.24) is 4.98 Å². The van der Waals surface area contributed by atoms with Gasteiger partial charge in [0.05, 0.1) is 17.9 Å². The fourth-order valence-corrected chi connectivity index (χ4v) is 3.51. The van der Waals surface area contributed by atoms with Gasteiger partial charge in [0, 0.05) is 11.4 Å². The molecule has 3 N–H and O–H groups in total. The lowest BCUT2D eigenvalue weighted by molar-refractivity contribution is 0.0526. The number of carbonyl (C=O) groups is 3. The first-order valence-electron chi connectivity index (χ1n) is 9.56. The molecule has 1 heterocycles. The average molecular weight is 439 g/mol. The van der Waals surface area contributed by atoms with Gasteiger partial charge in [0.15, 0.2) is 5.13 Å². The van der Waals surface area contributed by atoms with Crippen LogP contribution >= 0.6 is 11.3 Å². The summed E-state index contributed by atoms with van der Waals surface area (Å²) in [5.41, 5.74) is 3.17.